The number of methoxy groups -OCH3 is 1. The standard InChI is InChI=1S/C17H20N4O3/c1-17(2,3)24-12(22)8-21-14-10(6-5-7-11(14)23-4)13-15(18)19-9-20-16(13)21/h5-7,9H,8H2,1-4H3,(H2,18,19,20). The monoisotopic (exact) mass is 328 g/mol. The van der Waals surface area contributed by atoms with Crippen LogP contribution in [0.15, 0.2) is 24.5 Å². The number of hydrogen-bond donors (Lipinski definition) is 1. The van der Waals surface area contributed by atoms with E-state index in [1.54, 1.807) is 11.7 Å². The van der Waals surface area contributed by atoms with Crippen molar-refractivity contribution in [2.24, 2.45) is 0 Å². The van der Waals surface area contributed by atoms with Crippen LogP contribution >= 0.6 is 0 Å². The molecule has 126 valence electrons. The first-order valence-corrected chi connectivity index (χ1v) is 7.59. The van der Waals surface area contributed by atoms with Gasteiger partial charge in [0.2, 0.25) is 0 Å². The second-order valence-corrected chi connectivity index (χ2v) is 6.49. The lowest BCUT2D eigenvalue weighted by molar-refractivity contribution is -0.155. The summed E-state index contributed by atoms with van der Waals surface area (Å²) in [6, 6.07) is 5.60. The molecule has 0 bridgehead atoms. The van der Waals surface area contributed by atoms with Gasteiger partial charge in [-0.25, -0.2) is 9.97 Å². The maximum atomic E-state index is 12.3. The Morgan fingerprint density at radius 2 is 2.04 bits per heavy atom. The molecule has 0 atom stereocenters. The normalized spacial score (nSPS) is 11.8. The van der Waals surface area contributed by atoms with Crippen LogP contribution in [0.2, 0.25) is 0 Å². The second kappa shape index (κ2) is 5.67. The quantitative estimate of drug-likeness (QED) is 0.743. The van der Waals surface area contributed by atoms with Crippen LogP contribution in [0.3, 0.4) is 0 Å². The largest absolute Gasteiger partial charge is 0.495 e. The van der Waals surface area contributed by atoms with Crippen molar-refractivity contribution in [3.05, 3.63) is 24.5 Å². The Balaban J connectivity index is 2.24. The van der Waals surface area contributed by atoms with Crippen LogP contribution in [0.4, 0.5) is 5.82 Å². The van der Waals surface area contributed by atoms with E-state index in [9.17, 15) is 4.79 Å². The zero-order chi connectivity index (χ0) is 17.5. The van der Waals surface area contributed by atoms with Gasteiger partial charge in [-0.1, -0.05) is 12.1 Å². The van der Waals surface area contributed by atoms with E-state index in [2.05, 4.69) is 9.97 Å². The molecule has 0 amide bonds. The number of aromatic nitrogens is 3. The van der Waals surface area contributed by atoms with Gasteiger partial charge < -0.3 is 19.8 Å². The van der Waals surface area contributed by atoms with Crippen molar-refractivity contribution in [2.45, 2.75) is 32.9 Å². The number of nitrogens with two attached hydrogens (primary N) is 1. The number of carbonyl (C=O) groups is 1. The number of hydrogen-bond acceptors (Lipinski definition) is 6. The van der Waals surface area contributed by atoms with E-state index in [4.69, 9.17) is 15.2 Å². The molecule has 0 spiro atoms. The topological polar surface area (TPSA) is 92.3 Å². The van der Waals surface area contributed by atoms with Crippen LogP contribution < -0.4 is 10.5 Å². The fourth-order valence-electron chi connectivity index (χ4n) is 2.78. The molecule has 2 N–H and O–H groups in total. The molecule has 3 rings (SSSR count). The third-order valence-electron chi connectivity index (χ3n) is 3.58. The van der Waals surface area contributed by atoms with Crippen molar-refractivity contribution in [2.75, 3.05) is 12.8 Å². The molecule has 0 unspecified atom stereocenters. The Kier molecular flexibility index (Phi) is 3.79. The van der Waals surface area contributed by atoms with Crippen molar-refractivity contribution in [3.8, 4) is 5.75 Å². The van der Waals surface area contributed by atoms with Gasteiger partial charge in [-0.05, 0) is 26.8 Å². The summed E-state index contributed by atoms with van der Waals surface area (Å²) < 4.78 is 12.7. The molecule has 1 aromatic carbocycles. The van der Waals surface area contributed by atoms with Crippen LogP contribution in [0.25, 0.3) is 21.9 Å². The number of rotatable bonds is 3. The summed E-state index contributed by atoms with van der Waals surface area (Å²) >= 11 is 0. The van der Waals surface area contributed by atoms with Crippen LogP contribution in [-0.4, -0.2) is 33.2 Å². The zero-order valence-electron chi connectivity index (χ0n) is 14.2. The van der Waals surface area contributed by atoms with E-state index in [0.29, 0.717) is 22.6 Å². The van der Waals surface area contributed by atoms with Gasteiger partial charge in [0.05, 0.1) is 18.0 Å². The fraction of sp³-hybridized carbons (Fsp3) is 0.353. The Bertz CT molecular complexity index is 925. The summed E-state index contributed by atoms with van der Waals surface area (Å²) in [6.45, 7) is 5.50. The first-order chi connectivity index (χ1) is 11.3. The lowest BCUT2D eigenvalue weighted by Crippen LogP contribution is -2.26. The molecule has 0 radical (unpaired) electrons. The molecule has 0 fully saturated rings. The van der Waals surface area contributed by atoms with Crippen molar-refractivity contribution >= 4 is 33.7 Å². The molecule has 2 aromatic heterocycles. The zero-order valence-corrected chi connectivity index (χ0v) is 14.2. The van der Waals surface area contributed by atoms with E-state index in [1.165, 1.54) is 6.33 Å². The third-order valence-corrected chi connectivity index (χ3v) is 3.58. The number of para-hydroxylation sites is 1. The van der Waals surface area contributed by atoms with E-state index >= 15 is 0 Å². The Labute approximate surface area is 139 Å². The first-order valence-electron chi connectivity index (χ1n) is 7.59. The highest BCUT2D eigenvalue weighted by molar-refractivity contribution is 6.13. The van der Waals surface area contributed by atoms with Crippen LogP contribution in [-0.2, 0) is 16.1 Å². The number of anilines is 1. The molecule has 0 aliphatic heterocycles. The number of esters is 1. The average molecular weight is 328 g/mol. The van der Waals surface area contributed by atoms with Gasteiger partial charge in [0, 0.05) is 5.39 Å². The summed E-state index contributed by atoms with van der Waals surface area (Å²) in [4.78, 5) is 20.7. The molecule has 0 aliphatic carbocycles. The average Bonchev–Trinajstić information content (AvgIpc) is 2.81. The molecule has 7 heteroatoms. The van der Waals surface area contributed by atoms with Crippen molar-refractivity contribution in [3.63, 3.8) is 0 Å². The van der Waals surface area contributed by atoms with Crippen LogP contribution in [0.5, 0.6) is 5.75 Å². The molecule has 0 saturated carbocycles. The minimum Gasteiger partial charge on any atom is -0.495 e. The van der Waals surface area contributed by atoms with Crippen molar-refractivity contribution in [1.29, 1.82) is 0 Å². The molecular weight excluding hydrogens is 308 g/mol. The molecular formula is C17H20N4O3. The fourth-order valence-corrected chi connectivity index (χ4v) is 2.78. The summed E-state index contributed by atoms with van der Waals surface area (Å²) in [5.74, 6) is 0.638. The molecule has 0 saturated heterocycles. The first kappa shape index (κ1) is 16.0. The van der Waals surface area contributed by atoms with Gasteiger partial charge in [0.25, 0.3) is 0 Å². The Hall–Kier alpha value is -2.83. The second-order valence-electron chi connectivity index (χ2n) is 6.49. The molecule has 7 nitrogen and oxygen atoms in total. The van der Waals surface area contributed by atoms with Crippen molar-refractivity contribution in [1.82, 2.24) is 14.5 Å². The highest BCUT2D eigenvalue weighted by Crippen LogP contribution is 2.35. The third kappa shape index (κ3) is 2.73. The minimum absolute atomic E-state index is 0.00803. The number of fused-ring (bicyclic) bond motifs is 3. The molecule has 2 heterocycles. The van der Waals surface area contributed by atoms with Gasteiger partial charge in [-0.2, -0.15) is 0 Å². The summed E-state index contributed by atoms with van der Waals surface area (Å²) in [5, 5.41) is 1.54. The predicted octanol–water partition coefficient (Wildman–Crippen LogP) is 2.52. The number of benzene rings is 1. The molecule has 3 aromatic rings. The SMILES string of the molecule is COc1cccc2c3c(N)ncnc3n(CC(=O)OC(C)(C)C)c12. The lowest BCUT2D eigenvalue weighted by atomic mass is 10.2. The smallest absolute Gasteiger partial charge is 0.326 e. The van der Waals surface area contributed by atoms with E-state index in [0.717, 1.165) is 10.9 Å². The maximum Gasteiger partial charge on any atom is 0.326 e. The highest BCUT2D eigenvalue weighted by Gasteiger charge is 2.22. The highest BCUT2D eigenvalue weighted by atomic mass is 16.6. The summed E-state index contributed by atoms with van der Waals surface area (Å²) in [7, 11) is 1.58. The van der Waals surface area contributed by atoms with E-state index in [1.807, 2.05) is 39.0 Å². The van der Waals surface area contributed by atoms with Crippen molar-refractivity contribution < 1.29 is 14.3 Å². The lowest BCUT2D eigenvalue weighted by Gasteiger charge is -2.20. The number of nitrogen functional groups attached to an aromatic ring is 1. The van der Waals surface area contributed by atoms with E-state index < -0.39 is 5.60 Å². The molecule has 0 aliphatic rings. The number of ether oxygens (including phenoxy) is 2. The number of carbonyl (C=O) groups excluding carboxylic acids is 1. The number of nitrogens with zero attached hydrogens (tertiary/aromatic N) is 3. The van der Waals surface area contributed by atoms with Crippen LogP contribution in [0, 0.1) is 0 Å². The minimum atomic E-state index is -0.562. The maximum absolute atomic E-state index is 12.3. The van der Waals surface area contributed by atoms with Gasteiger partial charge in [-0.3, -0.25) is 4.79 Å². The van der Waals surface area contributed by atoms with Gasteiger partial charge in [-0.15, -0.1) is 0 Å². The van der Waals surface area contributed by atoms with Crippen LogP contribution in [0.1, 0.15) is 20.8 Å². The Morgan fingerprint density at radius 3 is 2.71 bits per heavy atom. The van der Waals surface area contributed by atoms with Gasteiger partial charge in [0.15, 0.2) is 0 Å². The Morgan fingerprint density at radius 1 is 1.29 bits per heavy atom. The van der Waals surface area contributed by atoms with Gasteiger partial charge >= 0.3 is 5.97 Å². The predicted molar refractivity (Wildman–Crippen MR) is 91.8 cm³/mol. The summed E-state index contributed by atoms with van der Waals surface area (Å²) in [6.07, 6.45) is 1.38. The van der Waals surface area contributed by atoms with E-state index in [-0.39, 0.29) is 12.5 Å². The molecule has 24 heavy (non-hydrogen) atoms. The summed E-state index contributed by atoms with van der Waals surface area (Å²) in [5.41, 5.74) is 6.80. The van der Waals surface area contributed by atoms with Gasteiger partial charge in [0.1, 0.15) is 35.7 Å².